The molecule has 0 aliphatic carbocycles. The second-order valence-electron chi connectivity index (χ2n) is 4.73. The van der Waals surface area contributed by atoms with Crippen molar-refractivity contribution < 1.29 is 9.53 Å². The first-order chi connectivity index (χ1) is 7.88. The Kier molecular flexibility index (Phi) is 4.54. The molecule has 1 unspecified atom stereocenters. The van der Waals surface area contributed by atoms with Crippen LogP contribution in [0.1, 0.15) is 20.8 Å². The Morgan fingerprint density at radius 3 is 2.24 bits per heavy atom. The Labute approximate surface area is 107 Å². The lowest BCUT2D eigenvalue weighted by atomic mass is 10.0. The second kappa shape index (κ2) is 5.52. The first-order valence-electron chi connectivity index (χ1n) is 5.44. The third-order valence-electron chi connectivity index (χ3n) is 2.31. The van der Waals surface area contributed by atoms with Crippen molar-refractivity contribution in [3.63, 3.8) is 0 Å². The molecule has 0 aliphatic rings. The second-order valence-corrected chi connectivity index (χ2v) is 5.13. The largest absolute Gasteiger partial charge is 0.357 e. The van der Waals surface area contributed by atoms with Crippen molar-refractivity contribution in [2.24, 2.45) is 0 Å². The van der Waals surface area contributed by atoms with E-state index in [0.717, 1.165) is 5.69 Å². The Bertz CT molecular complexity index is 373. The van der Waals surface area contributed by atoms with Crippen molar-refractivity contribution in [2.75, 3.05) is 12.0 Å². The first-order valence-corrected chi connectivity index (χ1v) is 5.87. The minimum absolute atomic E-state index is 0.257. The van der Waals surface area contributed by atoms with E-state index in [2.05, 4.69) is 0 Å². The molecule has 0 aromatic heterocycles. The number of benzene rings is 1. The maximum Gasteiger partial charge on any atom is 0.272 e. The van der Waals surface area contributed by atoms with Crippen molar-refractivity contribution in [3.8, 4) is 0 Å². The molecule has 0 saturated heterocycles. The van der Waals surface area contributed by atoms with Gasteiger partial charge in [0.05, 0.1) is 0 Å². The monoisotopic (exact) mass is 255 g/mol. The summed E-state index contributed by atoms with van der Waals surface area (Å²) in [4.78, 5) is 13.8. The number of hydrogen-bond acceptors (Lipinski definition) is 2. The summed E-state index contributed by atoms with van der Waals surface area (Å²) >= 11 is 5.85. The first kappa shape index (κ1) is 14.0. The van der Waals surface area contributed by atoms with Gasteiger partial charge in [-0.25, -0.2) is 0 Å². The predicted molar refractivity (Wildman–Crippen MR) is 70.3 cm³/mol. The van der Waals surface area contributed by atoms with Gasteiger partial charge < -0.3 is 9.64 Å². The van der Waals surface area contributed by atoms with Gasteiger partial charge in [0.15, 0.2) is 0 Å². The molecule has 1 aromatic rings. The number of rotatable bonds is 3. The molecule has 3 nitrogen and oxygen atoms in total. The zero-order valence-electron chi connectivity index (χ0n) is 10.6. The van der Waals surface area contributed by atoms with E-state index in [-0.39, 0.29) is 11.4 Å². The Morgan fingerprint density at radius 2 is 1.82 bits per heavy atom. The summed E-state index contributed by atoms with van der Waals surface area (Å²) in [5, 5.41) is 0. The van der Waals surface area contributed by atoms with Crippen LogP contribution in [0.5, 0.6) is 0 Å². The van der Waals surface area contributed by atoms with Crippen molar-refractivity contribution in [3.05, 3.63) is 30.3 Å². The van der Waals surface area contributed by atoms with Crippen LogP contribution in [0.2, 0.25) is 0 Å². The van der Waals surface area contributed by atoms with Crippen LogP contribution in [0.15, 0.2) is 30.3 Å². The fourth-order valence-electron chi connectivity index (χ4n) is 1.62. The van der Waals surface area contributed by atoms with Crippen LogP contribution < -0.4 is 4.90 Å². The van der Waals surface area contributed by atoms with Crippen molar-refractivity contribution in [1.82, 2.24) is 0 Å². The Balaban J connectivity index is 3.10. The van der Waals surface area contributed by atoms with E-state index in [9.17, 15) is 4.79 Å². The van der Waals surface area contributed by atoms with Gasteiger partial charge in [0.2, 0.25) is 5.56 Å². The van der Waals surface area contributed by atoms with E-state index in [1.807, 2.05) is 51.1 Å². The van der Waals surface area contributed by atoms with E-state index >= 15 is 0 Å². The lowest BCUT2D eigenvalue weighted by Crippen LogP contribution is -2.49. The summed E-state index contributed by atoms with van der Waals surface area (Å²) in [7, 11) is 1.42. The highest BCUT2D eigenvalue weighted by atomic mass is 35.5. The Hall–Kier alpha value is -1.06. The summed E-state index contributed by atoms with van der Waals surface area (Å²) in [6.45, 7) is 5.87. The van der Waals surface area contributed by atoms with Crippen LogP contribution in [-0.2, 0) is 9.53 Å². The molecule has 0 aliphatic heterocycles. The molecule has 94 valence electrons. The van der Waals surface area contributed by atoms with Crippen LogP contribution >= 0.6 is 11.6 Å². The maximum absolute atomic E-state index is 12.2. The molecule has 0 bridgehead atoms. The summed E-state index contributed by atoms with van der Waals surface area (Å²) in [6.07, 6.45) is 0. The van der Waals surface area contributed by atoms with E-state index < -0.39 is 5.56 Å². The molecule has 0 saturated carbocycles. The van der Waals surface area contributed by atoms with Gasteiger partial charge in [-0.15, -0.1) is 0 Å². The van der Waals surface area contributed by atoms with Crippen LogP contribution in [0, 0.1) is 0 Å². The van der Waals surface area contributed by atoms with Crippen LogP contribution in [0.3, 0.4) is 0 Å². The lowest BCUT2D eigenvalue weighted by molar-refractivity contribution is -0.125. The van der Waals surface area contributed by atoms with E-state index in [4.69, 9.17) is 16.3 Å². The highest BCUT2D eigenvalue weighted by Crippen LogP contribution is 2.25. The normalized spacial score (nSPS) is 13.2. The molecule has 1 aromatic carbocycles. The lowest BCUT2D eigenvalue weighted by Gasteiger charge is -2.36. The van der Waals surface area contributed by atoms with Gasteiger partial charge in [0.1, 0.15) is 0 Å². The highest BCUT2D eigenvalue weighted by molar-refractivity contribution is 6.31. The smallest absolute Gasteiger partial charge is 0.272 e. The fourth-order valence-corrected chi connectivity index (χ4v) is 1.72. The predicted octanol–water partition coefficient (Wildman–Crippen LogP) is 3.03. The number of halogens is 1. The van der Waals surface area contributed by atoms with Crippen molar-refractivity contribution >= 4 is 23.2 Å². The van der Waals surface area contributed by atoms with Crippen LogP contribution in [0.4, 0.5) is 5.69 Å². The highest BCUT2D eigenvalue weighted by Gasteiger charge is 2.32. The molecule has 0 spiro atoms. The summed E-state index contributed by atoms with van der Waals surface area (Å²) < 4.78 is 4.88. The van der Waals surface area contributed by atoms with Crippen molar-refractivity contribution in [1.29, 1.82) is 0 Å². The number of hydrogen-bond donors (Lipinski definition) is 0. The molecule has 0 radical (unpaired) electrons. The molecular formula is C13H18ClNO2. The zero-order chi connectivity index (χ0) is 13.1. The fraction of sp³-hybridized carbons (Fsp3) is 0.462. The van der Waals surface area contributed by atoms with Gasteiger partial charge in [-0.2, -0.15) is 0 Å². The Morgan fingerprint density at radius 1 is 1.29 bits per heavy atom. The third kappa shape index (κ3) is 3.45. The topological polar surface area (TPSA) is 29.5 Å². The van der Waals surface area contributed by atoms with Crippen molar-refractivity contribution in [2.45, 2.75) is 31.9 Å². The van der Waals surface area contributed by atoms with E-state index in [1.54, 1.807) is 4.90 Å². The number of amides is 1. The number of ether oxygens (including phenoxy) is 1. The number of alkyl halides is 1. The van der Waals surface area contributed by atoms with Gasteiger partial charge in [0.25, 0.3) is 5.91 Å². The van der Waals surface area contributed by atoms with E-state index in [0.29, 0.717) is 0 Å². The molecule has 17 heavy (non-hydrogen) atoms. The van der Waals surface area contributed by atoms with Crippen LogP contribution in [0.25, 0.3) is 0 Å². The number of carbonyl (C=O) groups is 1. The molecule has 0 N–H and O–H groups in total. The average molecular weight is 256 g/mol. The minimum atomic E-state index is -0.963. The summed E-state index contributed by atoms with van der Waals surface area (Å²) in [5.41, 5.74) is -0.508. The van der Waals surface area contributed by atoms with Gasteiger partial charge in [-0.05, 0) is 32.9 Å². The summed E-state index contributed by atoms with van der Waals surface area (Å²) in [5.74, 6) is -0.257. The van der Waals surface area contributed by atoms with Gasteiger partial charge in [-0.3, -0.25) is 4.79 Å². The summed E-state index contributed by atoms with van der Waals surface area (Å²) in [6, 6.07) is 9.43. The van der Waals surface area contributed by atoms with Gasteiger partial charge >= 0.3 is 0 Å². The molecule has 1 rings (SSSR count). The van der Waals surface area contributed by atoms with Gasteiger partial charge in [0, 0.05) is 18.3 Å². The number of carbonyl (C=O) groups excluding carboxylic acids is 1. The molecule has 0 fully saturated rings. The third-order valence-corrected chi connectivity index (χ3v) is 2.67. The molecule has 4 heteroatoms. The number of para-hydroxylation sites is 1. The van der Waals surface area contributed by atoms with Crippen LogP contribution in [-0.4, -0.2) is 24.1 Å². The quantitative estimate of drug-likeness (QED) is 0.777. The molecular weight excluding hydrogens is 238 g/mol. The SMILES string of the molecule is COC(Cl)C(=O)N(c1ccccc1)C(C)(C)C. The van der Waals surface area contributed by atoms with Gasteiger partial charge in [-0.1, -0.05) is 29.8 Å². The average Bonchev–Trinajstić information content (AvgIpc) is 2.27. The minimum Gasteiger partial charge on any atom is -0.357 e. The number of anilines is 1. The number of nitrogens with zero attached hydrogens (tertiary/aromatic N) is 1. The molecule has 0 heterocycles. The maximum atomic E-state index is 12.2. The molecule has 1 atom stereocenters. The molecule has 1 amide bonds. The zero-order valence-corrected chi connectivity index (χ0v) is 11.4. The number of methoxy groups -OCH3 is 1. The van der Waals surface area contributed by atoms with E-state index in [1.165, 1.54) is 7.11 Å². The standard InChI is InChI=1S/C13H18ClNO2/c1-13(2,3)15(12(16)11(14)17-4)10-8-6-5-7-9-10/h5-9,11H,1-4H3.